The van der Waals surface area contributed by atoms with Crippen LogP contribution in [-0.2, 0) is 13.2 Å². The van der Waals surface area contributed by atoms with Crippen LogP contribution in [0.4, 0.5) is 23.5 Å². The first-order chi connectivity index (χ1) is 15.7. The summed E-state index contributed by atoms with van der Waals surface area (Å²) in [5.41, 5.74) is 0.112. The number of carbonyl (C=O) groups is 1. The highest BCUT2D eigenvalue weighted by Gasteiger charge is 2.35. The van der Waals surface area contributed by atoms with Crippen molar-refractivity contribution >= 4 is 28.5 Å². The van der Waals surface area contributed by atoms with Crippen molar-refractivity contribution in [3.63, 3.8) is 0 Å². The molecule has 0 radical (unpaired) electrons. The van der Waals surface area contributed by atoms with Crippen LogP contribution in [0, 0.1) is 5.82 Å². The Hall–Kier alpha value is -4.28. The summed E-state index contributed by atoms with van der Waals surface area (Å²) in [6.07, 6.45) is -4.77. The molecule has 0 atom stereocenters. The van der Waals surface area contributed by atoms with E-state index in [0.29, 0.717) is 10.0 Å². The second-order valence-electron chi connectivity index (χ2n) is 7.27. The normalized spacial score (nSPS) is 11.9. The number of para-hydroxylation sites is 2. The highest BCUT2D eigenvalue weighted by atomic mass is 19.4. The highest BCUT2D eigenvalue weighted by molar-refractivity contribution is 6.03. The van der Waals surface area contributed by atoms with Crippen LogP contribution < -0.4 is 5.32 Å². The number of amides is 1. The van der Waals surface area contributed by atoms with Gasteiger partial charge >= 0.3 is 6.18 Å². The van der Waals surface area contributed by atoms with Gasteiger partial charge in [-0.1, -0.05) is 12.1 Å². The lowest BCUT2D eigenvalue weighted by molar-refractivity contribution is -0.142. The van der Waals surface area contributed by atoms with Crippen LogP contribution in [0.15, 0.2) is 60.7 Å². The number of rotatable bonds is 3. The number of alkyl halides is 3. The molecule has 1 N–H and O–H groups in total. The van der Waals surface area contributed by atoms with Crippen molar-refractivity contribution in [2.24, 2.45) is 7.05 Å². The van der Waals surface area contributed by atoms with E-state index in [4.69, 9.17) is 0 Å². The Kier molecular flexibility index (Phi) is 4.62. The fourth-order valence-corrected chi connectivity index (χ4v) is 3.48. The van der Waals surface area contributed by atoms with Crippen molar-refractivity contribution in [1.29, 1.82) is 0 Å². The predicted octanol–water partition coefficient (Wildman–Crippen LogP) is 4.69. The molecule has 11 heteroatoms. The number of nitrogens with one attached hydrogen (secondary N) is 1. The molecule has 0 aliphatic carbocycles. The SMILES string of the molecule is Cn1c(NC(=O)c2cc3nc(-c4ccc(F)cc4)cc(C(F)(F)F)n3n2)nc2ccccc21. The van der Waals surface area contributed by atoms with Crippen LogP contribution in [0.1, 0.15) is 16.2 Å². The third kappa shape index (κ3) is 3.67. The van der Waals surface area contributed by atoms with Gasteiger partial charge in [-0.2, -0.15) is 18.3 Å². The number of anilines is 1. The molecule has 166 valence electrons. The van der Waals surface area contributed by atoms with Crippen LogP contribution in [0.2, 0.25) is 0 Å². The van der Waals surface area contributed by atoms with E-state index in [1.165, 1.54) is 12.1 Å². The van der Waals surface area contributed by atoms with Gasteiger partial charge in [0.2, 0.25) is 5.95 Å². The van der Waals surface area contributed by atoms with Crippen LogP contribution in [0.25, 0.3) is 27.9 Å². The van der Waals surface area contributed by atoms with Gasteiger partial charge in [-0.3, -0.25) is 10.1 Å². The first kappa shape index (κ1) is 20.6. The summed E-state index contributed by atoms with van der Waals surface area (Å²) in [6, 6.07) is 14.1. The van der Waals surface area contributed by atoms with Gasteiger partial charge in [0.25, 0.3) is 5.91 Å². The summed E-state index contributed by atoms with van der Waals surface area (Å²) in [6.45, 7) is 0. The largest absolute Gasteiger partial charge is 0.433 e. The molecule has 5 rings (SSSR count). The van der Waals surface area contributed by atoms with Crippen molar-refractivity contribution in [2.45, 2.75) is 6.18 Å². The first-order valence-electron chi connectivity index (χ1n) is 9.67. The molecule has 0 saturated carbocycles. The maximum atomic E-state index is 13.7. The lowest BCUT2D eigenvalue weighted by Crippen LogP contribution is -2.17. The van der Waals surface area contributed by atoms with Crippen molar-refractivity contribution in [3.8, 4) is 11.3 Å². The summed E-state index contributed by atoms with van der Waals surface area (Å²) >= 11 is 0. The van der Waals surface area contributed by atoms with Crippen LogP contribution in [0.5, 0.6) is 0 Å². The zero-order valence-electron chi connectivity index (χ0n) is 16.9. The Morgan fingerprint density at radius 2 is 1.73 bits per heavy atom. The van der Waals surface area contributed by atoms with E-state index >= 15 is 0 Å². The standard InChI is InChI=1S/C22H14F4N6O/c1-31-17-5-3-2-4-14(17)28-21(31)29-20(33)16-11-19-27-15(12-6-8-13(23)9-7-12)10-18(22(24,25)26)32(19)30-16/h2-11H,1H3,(H,28,29,33). The van der Waals surface area contributed by atoms with Crippen molar-refractivity contribution in [1.82, 2.24) is 24.1 Å². The molecular formula is C22H14F4N6O. The number of hydrogen-bond donors (Lipinski definition) is 1. The molecule has 0 saturated heterocycles. The third-order valence-electron chi connectivity index (χ3n) is 5.10. The third-order valence-corrected chi connectivity index (χ3v) is 5.10. The number of nitrogens with zero attached hydrogens (tertiary/aromatic N) is 5. The van der Waals surface area contributed by atoms with Gasteiger partial charge in [-0.15, -0.1) is 0 Å². The van der Waals surface area contributed by atoms with Crippen molar-refractivity contribution in [2.75, 3.05) is 5.32 Å². The number of fused-ring (bicyclic) bond motifs is 2. The Bertz CT molecular complexity index is 1520. The van der Waals surface area contributed by atoms with E-state index < -0.39 is 23.6 Å². The number of imidazole rings is 1. The topological polar surface area (TPSA) is 77.1 Å². The smallest absolute Gasteiger partial charge is 0.313 e. The van der Waals surface area contributed by atoms with E-state index in [0.717, 1.165) is 29.8 Å². The second-order valence-corrected chi connectivity index (χ2v) is 7.27. The van der Waals surface area contributed by atoms with E-state index in [-0.39, 0.29) is 28.5 Å². The maximum Gasteiger partial charge on any atom is 0.433 e. The van der Waals surface area contributed by atoms with E-state index in [9.17, 15) is 22.4 Å². The molecule has 0 spiro atoms. The van der Waals surface area contributed by atoms with Crippen LogP contribution in [0.3, 0.4) is 0 Å². The van der Waals surface area contributed by atoms with E-state index in [1.807, 2.05) is 12.1 Å². The summed E-state index contributed by atoms with van der Waals surface area (Å²) < 4.78 is 56.7. The minimum Gasteiger partial charge on any atom is -0.313 e. The van der Waals surface area contributed by atoms with Crippen molar-refractivity contribution < 1.29 is 22.4 Å². The first-order valence-corrected chi connectivity index (χ1v) is 9.67. The monoisotopic (exact) mass is 454 g/mol. The Morgan fingerprint density at radius 3 is 2.42 bits per heavy atom. The summed E-state index contributed by atoms with van der Waals surface area (Å²) in [5, 5.41) is 6.41. The summed E-state index contributed by atoms with van der Waals surface area (Å²) in [5.74, 6) is -1.05. The molecule has 0 fully saturated rings. The summed E-state index contributed by atoms with van der Waals surface area (Å²) in [7, 11) is 1.70. The molecule has 0 aliphatic rings. The molecule has 5 aromatic rings. The Labute approximate surface area is 183 Å². The maximum absolute atomic E-state index is 13.7. The second kappa shape index (κ2) is 7.40. The van der Waals surface area contributed by atoms with E-state index in [1.54, 1.807) is 23.7 Å². The molecule has 1 amide bonds. The number of benzene rings is 2. The average molecular weight is 454 g/mol. The Morgan fingerprint density at radius 1 is 1.00 bits per heavy atom. The molecule has 7 nitrogen and oxygen atoms in total. The Balaban J connectivity index is 1.57. The predicted molar refractivity (Wildman–Crippen MR) is 112 cm³/mol. The molecular weight excluding hydrogens is 440 g/mol. The number of halogens is 4. The lowest BCUT2D eigenvalue weighted by atomic mass is 10.1. The molecule has 0 bridgehead atoms. The molecule has 0 unspecified atom stereocenters. The quantitative estimate of drug-likeness (QED) is 0.401. The van der Waals surface area contributed by atoms with Gasteiger partial charge in [-0.25, -0.2) is 18.9 Å². The highest BCUT2D eigenvalue weighted by Crippen LogP contribution is 2.32. The molecule has 33 heavy (non-hydrogen) atoms. The van der Waals surface area contributed by atoms with Gasteiger partial charge in [0.15, 0.2) is 17.0 Å². The summed E-state index contributed by atoms with van der Waals surface area (Å²) in [4.78, 5) is 21.3. The van der Waals surface area contributed by atoms with Crippen LogP contribution in [-0.4, -0.2) is 30.1 Å². The minimum absolute atomic E-state index is 0.0305. The molecule has 2 aromatic carbocycles. The average Bonchev–Trinajstić information content (AvgIpc) is 3.34. The number of aromatic nitrogens is 5. The van der Waals surface area contributed by atoms with Gasteiger partial charge in [-0.05, 0) is 42.5 Å². The van der Waals surface area contributed by atoms with Gasteiger partial charge in [0.1, 0.15) is 5.82 Å². The van der Waals surface area contributed by atoms with Crippen molar-refractivity contribution in [3.05, 3.63) is 77.9 Å². The molecule has 3 aromatic heterocycles. The van der Waals surface area contributed by atoms with E-state index in [2.05, 4.69) is 20.4 Å². The number of aryl methyl sites for hydroxylation is 1. The van der Waals surface area contributed by atoms with Crippen LogP contribution >= 0.6 is 0 Å². The van der Waals surface area contributed by atoms with Gasteiger partial charge in [0.05, 0.1) is 16.7 Å². The fraction of sp³-hybridized carbons (Fsp3) is 0.0909. The zero-order chi connectivity index (χ0) is 23.3. The molecule has 0 aliphatic heterocycles. The van der Waals surface area contributed by atoms with Gasteiger partial charge in [0, 0.05) is 18.7 Å². The number of carbonyl (C=O) groups excluding carboxylic acids is 1. The zero-order valence-corrected chi connectivity index (χ0v) is 16.9. The van der Waals surface area contributed by atoms with Gasteiger partial charge < -0.3 is 4.57 Å². The fourth-order valence-electron chi connectivity index (χ4n) is 3.48. The molecule has 3 heterocycles. The minimum atomic E-state index is -4.77. The lowest BCUT2D eigenvalue weighted by Gasteiger charge is -2.11. The number of hydrogen-bond acceptors (Lipinski definition) is 4.